The van der Waals surface area contributed by atoms with Crippen molar-refractivity contribution < 1.29 is 0 Å². The van der Waals surface area contributed by atoms with Crippen LogP contribution in [0.5, 0.6) is 0 Å². The number of fused-ring (bicyclic) bond motifs is 1. The van der Waals surface area contributed by atoms with Gasteiger partial charge in [0.25, 0.3) is 0 Å². The topological polar surface area (TPSA) is 6.48 Å². The monoisotopic (exact) mass is 344 g/mol. The van der Waals surface area contributed by atoms with Gasteiger partial charge in [0, 0.05) is 36.6 Å². The van der Waals surface area contributed by atoms with Crippen LogP contribution < -0.4 is 0 Å². The Morgan fingerprint density at radius 2 is 1.71 bits per heavy atom. The van der Waals surface area contributed by atoms with Crippen molar-refractivity contribution in [1.29, 1.82) is 0 Å². The molecular formula is C21H32N2S. The smallest absolute Gasteiger partial charge is 0.0283 e. The van der Waals surface area contributed by atoms with Crippen LogP contribution in [0.3, 0.4) is 0 Å². The SMILES string of the molecule is CSc1ccc(CN2CCN3CCCC3C2C2CCCCC2)cc1. The molecule has 4 rings (SSSR count). The predicted molar refractivity (Wildman–Crippen MR) is 104 cm³/mol. The van der Waals surface area contributed by atoms with Crippen molar-refractivity contribution in [1.82, 2.24) is 9.80 Å². The van der Waals surface area contributed by atoms with E-state index in [1.54, 1.807) is 0 Å². The molecule has 2 saturated heterocycles. The van der Waals surface area contributed by atoms with E-state index in [0.717, 1.165) is 24.5 Å². The third-order valence-corrected chi connectivity index (χ3v) is 7.33. The minimum Gasteiger partial charge on any atom is -0.298 e. The second kappa shape index (κ2) is 7.80. The van der Waals surface area contributed by atoms with E-state index in [2.05, 4.69) is 40.3 Å². The summed E-state index contributed by atoms with van der Waals surface area (Å²) in [7, 11) is 0. The number of rotatable bonds is 4. The average molecular weight is 345 g/mol. The first-order chi connectivity index (χ1) is 11.8. The van der Waals surface area contributed by atoms with Crippen molar-refractivity contribution in [2.24, 2.45) is 5.92 Å². The van der Waals surface area contributed by atoms with E-state index in [9.17, 15) is 0 Å². The van der Waals surface area contributed by atoms with E-state index < -0.39 is 0 Å². The minimum atomic E-state index is 0.807. The van der Waals surface area contributed by atoms with Gasteiger partial charge in [-0.15, -0.1) is 11.8 Å². The summed E-state index contributed by atoms with van der Waals surface area (Å²) < 4.78 is 0. The summed E-state index contributed by atoms with van der Waals surface area (Å²) in [5.74, 6) is 0.940. The molecule has 2 aliphatic heterocycles. The molecule has 0 radical (unpaired) electrons. The highest BCUT2D eigenvalue weighted by molar-refractivity contribution is 7.98. The van der Waals surface area contributed by atoms with E-state index in [4.69, 9.17) is 0 Å². The van der Waals surface area contributed by atoms with Crippen molar-refractivity contribution in [2.75, 3.05) is 25.9 Å². The lowest BCUT2D eigenvalue weighted by molar-refractivity contribution is -0.00380. The number of nitrogens with zero attached hydrogens (tertiary/aromatic N) is 2. The minimum absolute atomic E-state index is 0.807. The van der Waals surface area contributed by atoms with Gasteiger partial charge in [-0.3, -0.25) is 9.80 Å². The molecule has 3 heteroatoms. The van der Waals surface area contributed by atoms with Crippen molar-refractivity contribution in [3.8, 4) is 0 Å². The van der Waals surface area contributed by atoms with E-state index in [1.165, 1.54) is 75.0 Å². The lowest BCUT2D eigenvalue weighted by atomic mass is 9.78. The molecule has 0 aromatic heterocycles. The molecule has 3 aliphatic rings. The molecule has 132 valence electrons. The normalized spacial score (nSPS) is 29.7. The van der Waals surface area contributed by atoms with Crippen LogP contribution in [0.2, 0.25) is 0 Å². The standard InChI is InChI=1S/C21H32N2S/c1-24-19-11-9-17(10-12-19)16-23-15-14-22-13-5-8-20(22)21(23)18-6-3-2-4-7-18/h9-12,18,20-21H,2-8,13-16H2,1H3. The van der Waals surface area contributed by atoms with Gasteiger partial charge in [0.1, 0.15) is 0 Å². The van der Waals surface area contributed by atoms with Gasteiger partial charge in [-0.2, -0.15) is 0 Å². The van der Waals surface area contributed by atoms with Crippen LogP contribution in [0.1, 0.15) is 50.5 Å². The Labute approximate surface area is 152 Å². The van der Waals surface area contributed by atoms with Gasteiger partial charge in [0.2, 0.25) is 0 Å². The first kappa shape index (κ1) is 16.9. The van der Waals surface area contributed by atoms with Gasteiger partial charge < -0.3 is 0 Å². The van der Waals surface area contributed by atoms with Crippen LogP contribution in [0.15, 0.2) is 29.2 Å². The molecule has 1 saturated carbocycles. The Balaban J connectivity index is 1.52. The second-order valence-electron chi connectivity index (χ2n) is 7.95. The summed E-state index contributed by atoms with van der Waals surface area (Å²) in [5.41, 5.74) is 1.50. The quantitative estimate of drug-likeness (QED) is 0.735. The molecule has 0 amide bonds. The summed E-state index contributed by atoms with van der Waals surface area (Å²) in [4.78, 5) is 7.05. The molecule has 3 fully saturated rings. The highest BCUT2D eigenvalue weighted by Gasteiger charge is 2.42. The highest BCUT2D eigenvalue weighted by atomic mass is 32.2. The fourth-order valence-corrected chi connectivity index (χ4v) is 5.81. The number of thioether (sulfide) groups is 1. The van der Waals surface area contributed by atoms with E-state index in [1.807, 2.05) is 11.8 Å². The number of hydrogen-bond acceptors (Lipinski definition) is 3. The number of hydrogen-bond donors (Lipinski definition) is 0. The summed E-state index contributed by atoms with van der Waals surface area (Å²) in [5, 5.41) is 0. The summed E-state index contributed by atoms with van der Waals surface area (Å²) in [6.45, 7) is 5.06. The van der Waals surface area contributed by atoms with Crippen LogP contribution in [0.25, 0.3) is 0 Å². The predicted octanol–water partition coefficient (Wildman–Crippen LogP) is 4.64. The third kappa shape index (κ3) is 3.54. The third-order valence-electron chi connectivity index (χ3n) is 6.58. The second-order valence-corrected chi connectivity index (χ2v) is 8.83. The van der Waals surface area contributed by atoms with Crippen LogP contribution >= 0.6 is 11.8 Å². The highest BCUT2D eigenvalue weighted by Crippen LogP contribution is 2.38. The molecule has 2 heterocycles. The first-order valence-corrected chi connectivity index (χ1v) is 11.2. The van der Waals surface area contributed by atoms with Crippen molar-refractivity contribution in [3.63, 3.8) is 0 Å². The molecule has 1 aliphatic carbocycles. The van der Waals surface area contributed by atoms with E-state index >= 15 is 0 Å². The molecule has 1 aromatic carbocycles. The van der Waals surface area contributed by atoms with Crippen LogP contribution in [0.4, 0.5) is 0 Å². The van der Waals surface area contributed by atoms with Crippen LogP contribution in [0, 0.1) is 5.92 Å². The van der Waals surface area contributed by atoms with Gasteiger partial charge in [0.15, 0.2) is 0 Å². The molecule has 1 aromatic rings. The van der Waals surface area contributed by atoms with Gasteiger partial charge in [0.05, 0.1) is 0 Å². The maximum atomic E-state index is 2.86. The van der Waals surface area contributed by atoms with Gasteiger partial charge in [-0.05, 0) is 62.1 Å². The fourth-order valence-electron chi connectivity index (χ4n) is 5.40. The maximum absolute atomic E-state index is 2.86. The number of piperazine rings is 1. The average Bonchev–Trinajstić information content (AvgIpc) is 3.11. The van der Waals surface area contributed by atoms with Crippen LogP contribution in [-0.4, -0.2) is 47.8 Å². The molecule has 2 unspecified atom stereocenters. The zero-order chi connectivity index (χ0) is 16.4. The van der Waals surface area contributed by atoms with Gasteiger partial charge in [-0.25, -0.2) is 0 Å². The van der Waals surface area contributed by atoms with Crippen molar-refractivity contribution in [3.05, 3.63) is 29.8 Å². The van der Waals surface area contributed by atoms with Crippen molar-refractivity contribution in [2.45, 2.75) is 68.5 Å². The summed E-state index contributed by atoms with van der Waals surface area (Å²) in [6, 6.07) is 10.9. The Hall–Kier alpha value is -0.510. The summed E-state index contributed by atoms with van der Waals surface area (Å²) >= 11 is 1.84. The van der Waals surface area contributed by atoms with E-state index in [-0.39, 0.29) is 0 Å². The molecule has 2 nitrogen and oxygen atoms in total. The van der Waals surface area contributed by atoms with Gasteiger partial charge >= 0.3 is 0 Å². The molecule has 24 heavy (non-hydrogen) atoms. The lowest BCUT2D eigenvalue weighted by Gasteiger charge is -2.49. The maximum Gasteiger partial charge on any atom is 0.0283 e. The van der Waals surface area contributed by atoms with E-state index in [0.29, 0.717) is 0 Å². The number of benzene rings is 1. The molecule has 0 spiro atoms. The lowest BCUT2D eigenvalue weighted by Crippen LogP contribution is -2.59. The largest absolute Gasteiger partial charge is 0.298 e. The Morgan fingerprint density at radius 3 is 2.46 bits per heavy atom. The first-order valence-electron chi connectivity index (χ1n) is 9.96. The van der Waals surface area contributed by atoms with Gasteiger partial charge in [-0.1, -0.05) is 31.4 Å². The van der Waals surface area contributed by atoms with Crippen molar-refractivity contribution >= 4 is 11.8 Å². The summed E-state index contributed by atoms with van der Waals surface area (Å²) in [6.07, 6.45) is 12.3. The zero-order valence-electron chi connectivity index (χ0n) is 15.1. The Bertz CT molecular complexity index is 523. The molecule has 0 N–H and O–H groups in total. The molecule has 0 bridgehead atoms. The Morgan fingerprint density at radius 1 is 0.917 bits per heavy atom. The fraction of sp³-hybridized carbons (Fsp3) is 0.714. The molecule has 2 atom stereocenters. The zero-order valence-corrected chi connectivity index (χ0v) is 15.9. The molecular weight excluding hydrogens is 312 g/mol. The van der Waals surface area contributed by atoms with Crippen LogP contribution in [-0.2, 0) is 6.54 Å². The Kier molecular flexibility index (Phi) is 5.50.